The minimum atomic E-state index is 0.0421. The van der Waals surface area contributed by atoms with Crippen molar-refractivity contribution >= 4 is 17.3 Å². The number of carbonyl (C=O) groups excluding carboxylic acids is 1. The van der Waals surface area contributed by atoms with Gasteiger partial charge in [0, 0.05) is 24.5 Å². The Labute approximate surface area is 146 Å². The number of likely N-dealkylation sites (tertiary alicyclic amines) is 1. The van der Waals surface area contributed by atoms with E-state index in [9.17, 15) is 4.79 Å². The molecule has 0 saturated carbocycles. The molecule has 1 unspecified atom stereocenters. The van der Waals surface area contributed by atoms with E-state index < -0.39 is 0 Å². The summed E-state index contributed by atoms with van der Waals surface area (Å²) in [5, 5.41) is 3.13. The highest BCUT2D eigenvalue weighted by Gasteiger charge is 2.27. The summed E-state index contributed by atoms with van der Waals surface area (Å²) in [6.07, 6.45) is 8.38. The Morgan fingerprint density at radius 2 is 1.75 bits per heavy atom. The van der Waals surface area contributed by atoms with Crippen molar-refractivity contribution in [1.82, 2.24) is 4.90 Å². The number of rotatable bonds is 5. The molecule has 2 aliphatic rings. The van der Waals surface area contributed by atoms with Crippen LogP contribution in [0, 0.1) is 0 Å². The number of amides is 1. The van der Waals surface area contributed by atoms with Gasteiger partial charge in [0.2, 0.25) is 5.91 Å². The van der Waals surface area contributed by atoms with Gasteiger partial charge in [-0.25, -0.2) is 0 Å². The molecule has 0 radical (unpaired) electrons. The van der Waals surface area contributed by atoms with Gasteiger partial charge in [0.15, 0.2) is 0 Å². The van der Waals surface area contributed by atoms with Gasteiger partial charge in [-0.2, -0.15) is 0 Å². The van der Waals surface area contributed by atoms with Gasteiger partial charge in [-0.3, -0.25) is 9.69 Å². The summed E-state index contributed by atoms with van der Waals surface area (Å²) in [6.45, 7) is 6.56. The lowest BCUT2D eigenvalue weighted by atomic mass is 10.0. The molecule has 1 aromatic carbocycles. The molecular formula is C20H31N3O. The summed E-state index contributed by atoms with van der Waals surface area (Å²) in [5.41, 5.74) is 2.20. The second-order valence-electron chi connectivity index (χ2n) is 7.13. The third kappa shape index (κ3) is 4.29. The lowest BCUT2D eigenvalue weighted by molar-refractivity contribution is -0.122. The highest BCUT2D eigenvalue weighted by atomic mass is 16.2. The van der Waals surface area contributed by atoms with Gasteiger partial charge in [-0.1, -0.05) is 13.3 Å². The lowest BCUT2D eigenvalue weighted by Gasteiger charge is -2.34. The minimum absolute atomic E-state index is 0.0421. The van der Waals surface area contributed by atoms with Crippen LogP contribution in [0.1, 0.15) is 51.9 Å². The van der Waals surface area contributed by atoms with Crippen molar-refractivity contribution in [3.8, 4) is 0 Å². The lowest BCUT2D eigenvalue weighted by Crippen LogP contribution is -2.47. The van der Waals surface area contributed by atoms with E-state index in [0.29, 0.717) is 0 Å². The number of carbonyl (C=O) groups is 1. The second kappa shape index (κ2) is 8.52. The van der Waals surface area contributed by atoms with E-state index in [-0.39, 0.29) is 11.9 Å². The summed E-state index contributed by atoms with van der Waals surface area (Å²) in [7, 11) is 0. The Kier molecular flexibility index (Phi) is 6.13. The van der Waals surface area contributed by atoms with Gasteiger partial charge in [0.25, 0.3) is 0 Å². The SMILES string of the molecule is CCCN1CCCCC1C(=O)Nc1ccc(N2CCCCC2)cc1. The van der Waals surface area contributed by atoms with Gasteiger partial charge < -0.3 is 10.2 Å². The summed E-state index contributed by atoms with van der Waals surface area (Å²) in [4.78, 5) is 17.5. The van der Waals surface area contributed by atoms with Gasteiger partial charge >= 0.3 is 0 Å². The fraction of sp³-hybridized carbons (Fsp3) is 0.650. The number of piperidine rings is 2. The van der Waals surface area contributed by atoms with Crippen LogP contribution >= 0.6 is 0 Å². The number of nitrogens with zero attached hydrogens (tertiary/aromatic N) is 2. The van der Waals surface area contributed by atoms with Crippen LogP contribution in [-0.4, -0.2) is 43.0 Å². The fourth-order valence-electron chi connectivity index (χ4n) is 3.98. The number of anilines is 2. The number of nitrogens with one attached hydrogen (secondary N) is 1. The predicted octanol–water partition coefficient (Wildman–Crippen LogP) is 3.88. The van der Waals surface area contributed by atoms with Crippen molar-refractivity contribution < 1.29 is 4.79 Å². The van der Waals surface area contributed by atoms with Gasteiger partial charge in [0.1, 0.15) is 0 Å². The van der Waals surface area contributed by atoms with E-state index in [1.165, 1.54) is 31.4 Å². The molecule has 132 valence electrons. The Bertz CT molecular complexity index is 520. The summed E-state index contributed by atoms with van der Waals surface area (Å²) < 4.78 is 0. The van der Waals surface area contributed by atoms with Crippen molar-refractivity contribution in [2.24, 2.45) is 0 Å². The van der Waals surface area contributed by atoms with Crippen LogP contribution in [0.2, 0.25) is 0 Å². The standard InChI is InChI=1S/C20H31N3O/c1-2-13-23-16-7-4-8-19(23)20(24)21-17-9-11-18(12-10-17)22-14-5-3-6-15-22/h9-12,19H,2-8,13-16H2,1H3,(H,21,24). The third-order valence-electron chi connectivity index (χ3n) is 5.28. The summed E-state index contributed by atoms with van der Waals surface area (Å²) in [6, 6.07) is 8.43. The van der Waals surface area contributed by atoms with Crippen LogP contribution < -0.4 is 10.2 Å². The van der Waals surface area contributed by atoms with Gasteiger partial charge in [0.05, 0.1) is 6.04 Å². The highest BCUT2D eigenvalue weighted by Crippen LogP contribution is 2.23. The quantitative estimate of drug-likeness (QED) is 0.890. The van der Waals surface area contributed by atoms with Crippen molar-refractivity contribution in [2.75, 3.05) is 36.4 Å². The monoisotopic (exact) mass is 329 g/mol. The van der Waals surface area contributed by atoms with Crippen molar-refractivity contribution in [1.29, 1.82) is 0 Å². The Morgan fingerprint density at radius 3 is 2.46 bits per heavy atom. The average Bonchev–Trinajstić information content (AvgIpc) is 2.64. The fourth-order valence-corrected chi connectivity index (χ4v) is 3.98. The molecule has 2 heterocycles. The maximum absolute atomic E-state index is 12.7. The zero-order valence-electron chi connectivity index (χ0n) is 15.0. The summed E-state index contributed by atoms with van der Waals surface area (Å²) in [5.74, 6) is 0.161. The number of benzene rings is 1. The molecule has 0 aliphatic carbocycles. The van der Waals surface area contributed by atoms with E-state index >= 15 is 0 Å². The van der Waals surface area contributed by atoms with Crippen LogP contribution in [0.4, 0.5) is 11.4 Å². The first kappa shape index (κ1) is 17.3. The first-order valence-corrected chi connectivity index (χ1v) is 9.68. The maximum atomic E-state index is 12.7. The molecule has 0 aromatic heterocycles. The van der Waals surface area contributed by atoms with E-state index in [4.69, 9.17) is 0 Å². The summed E-state index contributed by atoms with van der Waals surface area (Å²) >= 11 is 0. The first-order chi connectivity index (χ1) is 11.8. The van der Waals surface area contributed by atoms with E-state index in [1.807, 2.05) is 0 Å². The van der Waals surface area contributed by atoms with Crippen molar-refractivity contribution in [3.05, 3.63) is 24.3 Å². The highest BCUT2D eigenvalue weighted by molar-refractivity contribution is 5.95. The largest absolute Gasteiger partial charge is 0.372 e. The molecule has 0 spiro atoms. The smallest absolute Gasteiger partial charge is 0.241 e. The molecule has 2 saturated heterocycles. The maximum Gasteiger partial charge on any atom is 0.241 e. The van der Waals surface area contributed by atoms with Gasteiger partial charge in [-0.15, -0.1) is 0 Å². The van der Waals surface area contributed by atoms with Gasteiger partial charge in [-0.05, 0) is 75.9 Å². The zero-order chi connectivity index (χ0) is 16.8. The van der Waals surface area contributed by atoms with E-state index in [0.717, 1.165) is 51.1 Å². The average molecular weight is 329 g/mol. The van der Waals surface area contributed by atoms with Crippen molar-refractivity contribution in [3.63, 3.8) is 0 Å². The topological polar surface area (TPSA) is 35.6 Å². The second-order valence-corrected chi connectivity index (χ2v) is 7.13. The van der Waals surface area contributed by atoms with Crippen LogP contribution in [0.5, 0.6) is 0 Å². The normalized spacial score (nSPS) is 22.4. The molecule has 1 amide bonds. The van der Waals surface area contributed by atoms with Crippen LogP contribution in [0.25, 0.3) is 0 Å². The molecule has 4 nitrogen and oxygen atoms in total. The Hall–Kier alpha value is -1.55. The molecule has 4 heteroatoms. The molecule has 1 N–H and O–H groups in total. The molecule has 1 aromatic rings. The van der Waals surface area contributed by atoms with E-state index in [2.05, 4.69) is 46.3 Å². The molecular weight excluding hydrogens is 298 g/mol. The van der Waals surface area contributed by atoms with Crippen LogP contribution in [0.15, 0.2) is 24.3 Å². The Morgan fingerprint density at radius 1 is 1.04 bits per heavy atom. The molecule has 0 bridgehead atoms. The zero-order valence-corrected chi connectivity index (χ0v) is 15.0. The van der Waals surface area contributed by atoms with Crippen LogP contribution in [-0.2, 0) is 4.79 Å². The first-order valence-electron chi connectivity index (χ1n) is 9.68. The van der Waals surface area contributed by atoms with Crippen LogP contribution in [0.3, 0.4) is 0 Å². The molecule has 1 atom stereocenters. The molecule has 2 fully saturated rings. The molecule has 2 aliphatic heterocycles. The van der Waals surface area contributed by atoms with E-state index in [1.54, 1.807) is 0 Å². The number of hydrogen-bond donors (Lipinski definition) is 1. The minimum Gasteiger partial charge on any atom is -0.372 e. The molecule has 3 rings (SSSR count). The van der Waals surface area contributed by atoms with Crippen molar-refractivity contribution in [2.45, 2.75) is 57.9 Å². The number of hydrogen-bond acceptors (Lipinski definition) is 3. The Balaban J connectivity index is 1.59. The third-order valence-corrected chi connectivity index (χ3v) is 5.28. The predicted molar refractivity (Wildman–Crippen MR) is 101 cm³/mol. The molecule has 24 heavy (non-hydrogen) atoms.